The molecule has 7 heteroatoms. The van der Waals surface area contributed by atoms with Gasteiger partial charge in [0.05, 0.1) is 13.8 Å². The molecule has 0 atom stereocenters. The second-order valence-electron chi connectivity index (χ2n) is 20.7. The highest BCUT2D eigenvalue weighted by Gasteiger charge is 2.45. The van der Waals surface area contributed by atoms with Crippen molar-refractivity contribution in [2.24, 2.45) is 0 Å². The van der Waals surface area contributed by atoms with Gasteiger partial charge in [0.25, 0.3) is 6.71 Å². The van der Waals surface area contributed by atoms with Gasteiger partial charge in [0.1, 0.15) is 17.3 Å². The molecule has 3 heterocycles. The molecule has 9 aromatic carbocycles. The molecule has 0 spiro atoms. The summed E-state index contributed by atoms with van der Waals surface area (Å²) in [6.45, 7) is 13.8. The number of nitrogens with zero attached hydrogens (tertiary/aromatic N) is 3. The van der Waals surface area contributed by atoms with Gasteiger partial charge < -0.3 is 19.1 Å². The van der Waals surface area contributed by atoms with Gasteiger partial charge in [-0.2, -0.15) is 0 Å². The lowest BCUT2D eigenvalue weighted by molar-refractivity contribution is 0.590. The van der Waals surface area contributed by atoms with Gasteiger partial charge in [0.2, 0.25) is 0 Å². The zero-order valence-electron chi connectivity index (χ0n) is 40.4. The van der Waals surface area contributed by atoms with Crippen LogP contribution in [0.25, 0.3) is 33.4 Å². The summed E-state index contributed by atoms with van der Waals surface area (Å²) in [6, 6.07) is 74.8. The number of anilines is 9. The summed E-state index contributed by atoms with van der Waals surface area (Å²) in [6.07, 6.45) is 0. The number of halogens is 1. The van der Waals surface area contributed by atoms with E-state index in [0.717, 1.165) is 73.2 Å². The average molecular weight is 926 g/mol. The standard InChI is InChI=1S/C63H53BFN3OSi/c1-63(2,3)44-31-33-47(34-32-44)66(55-30-20-19-29-54(55)65)48-35-36-52-56(37-48)67(45-25-15-9-16-26-45)58-38-49(70(4,5)6)39-59-60(58)64(52)53-40-50-51(41-57(53)68(59)46-27-17-10-18-28-46)62(43-23-13-8-14-24-43)69-61(50)42-21-11-7-12-22-42/h7-41H,1-6H3. The van der Waals surface area contributed by atoms with Gasteiger partial charge in [-0.1, -0.05) is 179 Å². The van der Waals surface area contributed by atoms with E-state index in [-0.39, 0.29) is 17.9 Å². The molecule has 0 N–H and O–H groups in total. The van der Waals surface area contributed by atoms with E-state index in [1.54, 1.807) is 12.1 Å². The van der Waals surface area contributed by atoms with Crippen LogP contribution in [0.3, 0.4) is 0 Å². The number of furan rings is 1. The van der Waals surface area contributed by atoms with Crippen molar-refractivity contribution in [2.75, 3.05) is 14.7 Å². The molecule has 0 aliphatic carbocycles. The summed E-state index contributed by atoms with van der Waals surface area (Å²) in [5.74, 6) is 1.41. The molecule has 0 saturated carbocycles. The fourth-order valence-electron chi connectivity index (χ4n) is 10.7. The quantitative estimate of drug-likeness (QED) is 0.142. The Labute approximate surface area is 412 Å². The summed E-state index contributed by atoms with van der Waals surface area (Å²) in [5.41, 5.74) is 15.7. The second kappa shape index (κ2) is 16.7. The van der Waals surface area contributed by atoms with Crippen LogP contribution in [0.4, 0.5) is 55.6 Å². The monoisotopic (exact) mass is 925 g/mol. The predicted molar refractivity (Wildman–Crippen MR) is 297 cm³/mol. The van der Waals surface area contributed by atoms with Gasteiger partial charge in [-0.15, -0.1) is 0 Å². The van der Waals surface area contributed by atoms with Gasteiger partial charge in [-0.25, -0.2) is 4.39 Å². The largest absolute Gasteiger partial charge is 0.455 e. The molecule has 0 radical (unpaired) electrons. The summed E-state index contributed by atoms with van der Waals surface area (Å²) < 4.78 is 23.5. The molecule has 12 rings (SSSR count). The molecule has 340 valence electrons. The lowest BCUT2D eigenvalue weighted by atomic mass is 9.33. The van der Waals surface area contributed by atoms with E-state index in [2.05, 4.69) is 243 Å². The fraction of sp³-hybridized carbons (Fsp3) is 0.111. The van der Waals surface area contributed by atoms with Crippen LogP contribution in [-0.2, 0) is 5.41 Å². The van der Waals surface area contributed by atoms with Crippen LogP contribution in [0.1, 0.15) is 26.3 Å². The van der Waals surface area contributed by atoms with Crippen molar-refractivity contribution < 1.29 is 8.81 Å². The van der Waals surface area contributed by atoms with E-state index < -0.39 is 8.07 Å². The van der Waals surface area contributed by atoms with Crippen LogP contribution in [0.2, 0.25) is 19.6 Å². The van der Waals surface area contributed by atoms with E-state index in [9.17, 15) is 0 Å². The summed E-state index contributed by atoms with van der Waals surface area (Å²) >= 11 is 0. The molecule has 0 bridgehead atoms. The van der Waals surface area contributed by atoms with Crippen LogP contribution >= 0.6 is 0 Å². The minimum Gasteiger partial charge on any atom is -0.455 e. The lowest BCUT2D eigenvalue weighted by Crippen LogP contribution is -2.62. The highest BCUT2D eigenvalue weighted by molar-refractivity contribution is 7.01. The van der Waals surface area contributed by atoms with Crippen LogP contribution in [-0.4, -0.2) is 14.8 Å². The van der Waals surface area contributed by atoms with Gasteiger partial charge in [-0.3, -0.25) is 0 Å². The van der Waals surface area contributed by atoms with Crippen LogP contribution < -0.4 is 36.3 Å². The van der Waals surface area contributed by atoms with Crippen LogP contribution in [0.5, 0.6) is 0 Å². The van der Waals surface area contributed by atoms with E-state index in [0.29, 0.717) is 5.69 Å². The van der Waals surface area contributed by atoms with E-state index >= 15 is 4.39 Å². The van der Waals surface area contributed by atoms with Crippen molar-refractivity contribution in [2.45, 2.75) is 45.8 Å². The average Bonchev–Trinajstić information content (AvgIpc) is 3.75. The summed E-state index contributed by atoms with van der Waals surface area (Å²) in [5, 5.41) is 3.48. The van der Waals surface area contributed by atoms with E-state index in [1.165, 1.54) is 32.8 Å². The third-order valence-electron chi connectivity index (χ3n) is 14.2. The Morgan fingerprint density at radius 3 is 1.50 bits per heavy atom. The van der Waals surface area contributed by atoms with E-state index in [1.807, 2.05) is 12.1 Å². The molecule has 0 unspecified atom stereocenters. The minimum atomic E-state index is -1.97. The van der Waals surface area contributed by atoms with Gasteiger partial charge in [-0.05, 0) is 106 Å². The van der Waals surface area contributed by atoms with Gasteiger partial charge in [0.15, 0.2) is 0 Å². The molecule has 1 aromatic heterocycles. The molecule has 0 amide bonds. The maximum Gasteiger partial charge on any atom is 0.252 e. The van der Waals surface area contributed by atoms with Crippen molar-refractivity contribution in [1.82, 2.24) is 0 Å². The smallest absolute Gasteiger partial charge is 0.252 e. The zero-order valence-corrected chi connectivity index (χ0v) is 41.4. The third-order valence-corrected chi connectivity index (χ3v) is 16.2. The molecule has 0 saturated heterocycles. The SMILES string of the molecule is CC(C)(C)c1ccc(N(c2ccc3c(c2)N(c2ccccc2)c2cc([Si](C)(C)C)cc4c2B3c2cc3c(-c5ccccc5)oc(-c5ccccc5)c3cc2N4c2ccccc2)c2ccccc2F)cc1. The van der Waals surface area contributed by atoms with Crippen LogP contribution in [0.15, 0.2) is 217 Å². The summed E-state index contributed by atoms with van der Waals surface area (Å²) in [4.78, 5) is 7.04. The third kappa shape index (κ3) is 7.26. The number of rotatable bonds is 8. The Bertz CT molecular complexity index is 3590. The predicted octanol–water partition coefficient (Wildman–Crippen LogP) is 15.3. The molecular formula is C63H53BFN3OSi. The van der Waals surface area contributed by atoms with Gasteiger partial charge in [0, 0.05) is 67.4 Å². The first-order valence-corrected chi connectivity index (χ1v) is 27.8. The minimum absolute atomic E-state index is 0.0379. The Balaban J connectivity index is 1.19. The van der Waals surface area contributed by atoms with Crippen molar-refractivity contribution in [3.63, 3.8) is 0 Å². The number of benzene rings is 9. The zero-order chi connectivity index (χ0) is 47.9. The Morgan fingerprint density at radius 1 is 0.486 bits per heavy atom. The Morgan fingerprint density at radius 2 is 0.971 bits per heavy atom. The number of fused-ring (bicyclic) bond motifs is 5. The second-order valence-corrected chi connectivity index (χ2v) is 25.8. The summed E-state index contributed by atoms with van der Waals surface area (Å²) in [7, 11) is -1.97. The molecule has 2 aliphatic rings. The van der Waals surface area contributed by atoms with Crippen molar-refractivity contribution >= 4 is 98.3 Å². The molecule has 4 nitrogen and oxygen atoms in total. The van der Waals surface area contributed by atoms with Crippen molar-refractivity contribution in [3.05, 3.63) is 224 Å². The van der Waals surface area contributed by atoms with E-state index in [4.69, 9.17) is 4.42 Å². The molecule has 2 aliphatic heterocycles. The number of hydrogen-bond acceptors (Lipinski definition) is 4. The molecule has 70 heavy (non-hydrogen) atoms. The van der Waals surface area contributed by atoms with Crippen LogP contribution in [0, 0.1) is 5.82 Å². The van der Waals surface area contributed by atoms with Crippen molar-refractivity contribution in [1.29, 1.82) is 0 Å². The topological polar surface area (TPSA) is 22.9 Å². The number of para-hydroxylation sites is 3. The highest BCUT2D eigenvalue weighted by atomic mass is 28.3. The molecule has 0 fully saturated rings. The first-order chi connectivity index (χ1) is 33.9. The first-order valence-electron chi connectivity index (χ1n) is 24.3. The van der Waals surface area contributed by atoms with Crippen molar-refractivity contribution in [3.8, 4) is 22.6 Å². The van der Waals surface area contributed by atoms with Gasteiger partial charge >= 0.3 is 0 Å². The highest BCUT2D eigenvalue weighted by Crippen LogP contribution is 2.49. The first kappa shape index (κ1) is 43.4. The maximum atomic E-state index is 16.4. The fourth-order valence-corrected chi connectivity index (χ4v) is 11.8. The maximum absolute atomic E-state index is 16.4. The molecular weight excluding hydrogens is 873 g/mol. The Hall–Kier alpha value is -7.87. The molecule has 10 aromatic rings. The number of hydrogen-bond donors (Lipinski definition) is 0. The lowest BCUT2D eigenvalue weighted by Gasteiger charge is -2.45. The normalized spacial score (nSPS) is 13.0. The Kier molecular flexibility index (Phi) is 10.3.